The summed E-state index contributed by atoms with van der Waals surface area (Å²) in [6, 6.07) is 0. The number of hydrogen-bond acceptors (Lipinski definition) is 4. The first-order valence-electron chi connectivity index (χ1n) is 9.68. The lowest BCUT2D eigenvalue weighted by atomic mass is 9.89. The van der Waals surface area contributed by atoms with E-state index in [-0.39, 0.29) is 11.3 Å². The van der Waals surface area contributed by atoms with Gasteiger partial charge in [0.25, 0.3) is 0 Å². The molecule has 0 aliphatic heterocycles. The number of nitrogens with two attached hydrogens (primary N) is 1. The Hall–Kier alpha value is -2.47. The lowest BCUT2D eigenvalue weighted by Crippen LogP contribution is -2.25. The van der Waals surface area contributed by atoms with Gasteiger partial charge in [-0.1, -0.05) is 44.1 Å². The van der Waals surface area contributed by atoms with Crippen LogP contribution in [0.3, 0.4) is 0 Å². The average Bonchev–Trinajstić information content (AvgIpc) is 2.66. The van der Waals surface area contributed by atoms with Crippen LogP contribution in [0.2, 0.25) is 0 Å². The predicted molar refractivity (Wildman–Crippen MR) is 113 cm³/mol. The summed E-state index contributed by atoms with van der Waals surface area (Å²) in [5.74, 6) is -0.324. The Labute approximate surface area is 167 Å². The molecule has 6 heteroatoms. The van der Waals surface area contributed by atoms with Crippen LogP contribution in [-0.2, 0) is 9.53 Å². The second-order valence-corrected chi connectivity index (χ2v) is 6.85. The zero-order valence-electron chi connectivity index (χ0n) is 16.9. The van der Waals surface area contributed by atoms with Gasteiger partial charge in [-0.15, -0.1) is 0 Å². The minimum Gasteiger partial charge on any atom is -0.443 e. The van der Waals surface area contributed by atoms with Gasteiger partial charge in [-0.3, -0.25) is 4.79 Å². The number of halogens is 1. The molecule has 0 radical (unpaired) electrons. The van der Waals surface area contributed by atoms with Gasteiger partial charge in [0.05, 0.1) is 5.57 Å². The highest BCUT2D eigenvalue weighted by Crippen LogP contribution is 2.22. The van der Waals surface area contributed by atoms with E-state index in [1.54, 1.807) is 19.1 Å². The van der Waals surface area contributed by atoms with Gasteiger partial charge >= 0.3 is 0 Å². The van der Waals surface area contributed by atoms with Crippen LogP contribution in [0.5, 0.6) is 0 Å². The van der Waals surface area contributed by atoms with Crippen molar-refractivity contribution in [3.8, 4) is 0 Å². The number of rotatable bonds is 11. The van der Waals surface area contributed by atoms with Crippen LogP contribution < -0.4 is 11.1 Å². The van der Waals surface area contributed by atoms with Gasteiger partial charge in [0.2, 0.25) is 5.91 Å². The third-order valence-electron chi connectivity index (χ3n) is 4.40. The Morgan fingerprint density at radius 3 is 2.61 bits per heavy atom. The van der Waals surface area contributed by atoms with E-state index in [9.17, 15) is 9.18 Å². The molecule has 0 unspecified atom stereocenters. The van der Waals surface area contributed by atoms with Gasteiger partial charge in [0.15, 0.2) is 12.2 Å². The SMILES string of the molecule is C=C(/C=C\C(OC=N/C=C(\C=C/C)C(N)=O)=C(/C)F)CNCC1CCCCC1. The maximum absolute atomic E-state index is 13.6. The van der Waals surface area contributed by atoms with E-state index >= 15 is 0 Å². The van der Waals surface area contributed by atoms with Crippen LogP contribution in [-0.4, -0.2) is 25.4 Å². The number of hydrogen-bond donors (Lipinski definition) is 2. The minimum absolute atomic E-state index is 0.0252. The smallest absolute Gasteiger partial charge is 0.250 e. The predicted octanol–water partition coefficient (Wildman–Crippen LogP) is 4.46. The molecule has 1 aliphatic carbocycles. The molecule has 154 valence electrons. The molecule has 0 aromatic heterocycles. The fourth-order valence-corrected chi connectivity index (χ4v) is 2.88. The van der Waals surface area contributed by atoms with Crippen LogP contribution in [0.1, 0.15) is 46.0 Å². The molecule has 1 saturated carbocycles. The Morgan fingerprint density at radius 1 is 1.29 bits per heavy atom. The molecule has 0 saturated heterocycles. The van der Waals surface area contributed by atoms with E-state index in [2.05, 4.69) is 16.9 Å². The van der Waals surface area contributed by atoms with Gasteiger partial charge in [0.1, 0.15) is 5.83 Å². The van der Waals surface area contributed by atoms with Gasteiger partial charge in [-0.05, 0) is 50.8 Å². The minimum atomic E-state index is -0.607. The summed E-state index contributed by atoms with van der Waals surface area (Å²) in [7, 11) is 0. The molecule has 0 spiro atoms. The normalized spacial score (nSPS) is 17.5. The van der Waals surface area contributed by atoms with E-state index in [1.807, 2.05) is 0 Å². The maximum atomic E-state index is 13.6. The summed E-state index contributed by atoms with van der Waals surface area (Å²) in [4.78, 5) is 15.0. The maximum Gasteiger partial charge on any atom is 0.250 e. The summed E-state index contributed by atoms with van der Waals surface area (Å²) < 4.78 is 18.8. The van der Waals surface area contributed by atoms with E-state index in [4.69, 9.17) is 10.5 Å². The highest BCUT2D eigenvalue weighted by Gasteiger charge is 2.12. The number of primary amides is 1. The first-order chi connectivity index (χ1) is 13.4. The van der Waals surface area contributed by atoms with Crippen molar-refractivity contribution < 1.29 is 13.9 Å². The molecule has 1 aliphatic rings. The fourth-order valence-electron chi connectivity index (χ4n) is 2.88. The largest absolute Gasteiger partial charge is 0.443 e. The van der Waals surface area contributed by atoms with Crippen LogP contribution in [0.25, 0.3) is 0 Å². The second-order valence-electron chi connectivity index (χ2n) is 6.85. The summed E-state index contributed by atoms with van der Waals surface area (Å²) in [5, 5.41) is 3.41. The molecule has 3 N–H and O–H groups in total. The van der Waals surface area contributed by atoms with E-state index in [0.29, 0.717) is 6.54 Å². The standard InChI is InChI=1S/C22H32FN3O2/c1-4-8-20(22(24)27)15-26-16-28-21(18(3)23)12-11-17(2)13-25-14-19-9-6-5-7-10-19/h4,8,11-12,15-16,19,25H,2,5-7,9-10,13-14H2,1,3H3,(H2,24,27)/b8-4-,12-11-,20-15+,21-18-,26-16?. The zero-order valence-corrected chi connectivity index (χ0v) is 16.9. The molecule has 0 aromatic carbocycles. The monoisotopic (exact) mass is 389 g/mol. The van der Waals surface area contributed by atoms with Crippen molar-refractivity contribution in [1.82, 2.24) is 5.32 Å². The molecule has 0 atom stereocenters. The summed E-state index contributed by atoms with van der Waals surface area (Å²) >= 11 is 0. The van der Waals surface area contributed by atoms with Crippen LogP contribution in [0.15, 0.2) is 64.8 Å². The summed E-state index contributed by atoms with van der Waals surface area (Å²) in [5.41, 5.74) is 6.26. The third kappa shape index (κ3) is 10.0. The van der Waals surface area contributed by atoms with Crippen molar-refractivity contribution in [3.63, 3.8) is 0 Å². The van der Waals surface area contributed by atoms with Crippen molar-refractivity contribution in [2.75, 3.05) is 13.1 Å². The molecular formula is C22H32FN3O2. The third-order valence-corrected chi connectivity index (χ3v) is 4.40. The molecule has 1 amide bonds. The van der Waals surface area contributed by atoms with Crippen LogP contribution in [0.4, 0.5) is 4.39 Å². The number of nitrogens with zero attached hydrogens (tertiary/aromatic N) is 1. The topological polar surface area (TPSA) is 76.7 Å². The van der Waals surface area contributed by atoms with Gasteiger partial charge in [-0.25, -0.2) is 9.38 Å². The van der Waals surface area contributed by atoms with E-state index in [1.165, 1.54) is 57.4 Å². The highest BCUT2D eigenvalue weighted by molar-refractivity contribution is 5.94. The van der Waals surface area contributed by atoms with Crippen LogP contribution >= 0.6 is 0 Å². The average molecular weight is 390 g/mol. The second kappa shape index (κ2) is 13.7. The quantitative estimate of drug-likeness (QED) is 0.180. The Bertz CT molecular complexity index is 665. The summed E-state index contributed by atoms with van der Waals surface area (Å²) in [6.07, 6.45) is 15.3. The van der Waals surface area contributed by atoms with E-state index < -0.39 is 11.7 Å². The molecule has 5 nitrogen and oxygen atoms in total. The number of nitrogens with one attached hydrogen (secondary N) is 1. The van der Waals surface area contributed by atoms with Crippen molar-refractivity contribution in [1.29, 1.82) is 0 Å². The molecule has 0 heterocycles. The first kappa shape index (κ1) is 23.6. The van der Waals surface area contributed by atoms with Crippen molar-refractivity contribution >= 4 is 12.3 Å². The van der Waals surface area contributed by atoms with E-state index in [0.717, 1.165) is 24.4 Å². The number of ether oxygens (including phenoxy) is 1. The summed E-state index contributed by atoms with van der Waals surface area (Å²) in [6.45, 7) is 8.66. The zero-order chi connectivity index (χ0) is 20.8. The van der Waals surface area contributed by atoms with Gasteiger partial charge in [0, 0.05) is 12.7 Å². The Kier molecular flexibility index (Phi) is 11.5. The lowest BCUT2D eigenvalue weighted by Gasteiger charge is -2.21. The first-order valence-corrected chi connectivity index (χ1v) is 9.68. The number of carbonyl (C=O) groups is 1. The molecule has 1 fully saturated rings. The van der Waals surface area contributed by atoms with Gasteiger partial charge in [-0.2, -0.15) is 0 Å². The number of amides is 1. The number of carbonyl (C=O) groups excluding carboxylic acids is 1. The molecule has 28 heavy (non-hydrogen) atoms. The Balaban J connectivity index is 2.49. The van der Waals surface area contributed by atoms with Crippen LogP contribution in [0, 0.1) is 5.92 Å². The molecule has 1 rings (SSSR count). The number of allylic oxidation sites excluding steroid dienone is 3. The molecule has 0 bridgehead atoms. The van der Waals surface area contributed by atoms with Crippen molar-refractivity contribution in [2.45, 2.75) is 46.0 Å². The lowest BCUT2D eigenvalue weighted by molar-refractivity contribution is -0.114. The Morgan fingerprint density at radius 2 is 2.00 bits per heavy atom. The highest BCUT2D eigenvalue weighted by atomic mass is 19.1. The van der Waals surface area contributed by atoms with Crippen molar-refractivity contribution in [3.05, 3.63) is 59.8 Å². The number of aliphatic imine (C=N–C) groups is 1. The van der Waals surface area contributed by atoms with Gasteiger partial charge < -0.3 is 15.8 Å². The fraction of sp³-hybridized carbons (Fsp3) is 0.455. The van der Waals surface area contributed by atoms with Crippen molar-refractivity contribution in [2.24, 2.45) is 16.6 Å². The molecular weight excluding hydrogens is 357 g/mol. The molecule has 0 aromatic rings.